The monoisotopic (exact) mass is 397 g/mol. The van der Waals surface area contributed by atoms with Crippen molar-refractivity contribution in [3.63, 3.8) is 0 Å². The van der Waals surface area contributed by atoms with Crippen molar-refractivity contribution in [1.82, 2.24) is 9.97 Å². The van der Waals surface area contributed by atoms with Crippen LogP contribution in [0.5, 0.6) is 5.75 Å². The molecule has 2 heterocycles. The second kappa shape index (κ2) is 8.51. The first-order chi connectivity index (χ1) is 12.9. The van der Waals surface area contributed by atoms with Gasteiger partial charge in [-0.05, 0) is 57.0 Å². The van der Waals surface area contributed by atoms with Crippen molar-refractivity contribution in [2.45, 2.75) is 39.7 Å². The minimum absolute atomic E-state index is 0.0833. The molecule has 0 N–H and O–H groups in total. The molecule has 0 fully saturated rings. The predicted molar refractivity (Wildman–Crippen MR) is 111 cm³/mol. The summed E-state index contributed by atoms with van der Waals surface area (Å²) in [6.45, 7) is 13.0. The zero-order valence-electron chi connectivity index (χ0n) is 15.5. The van der Waals surface area contributed by atoms with Crippen LogP contribution in [0.3, 0.4) is 0 Å². The number of halogens is 1. The molecule has 0 saturated carbocycles. The molecule has 0 aliphatic heterocycles. The highest BCUT2D eigenvalue weighted by Gasteiger charge is 2.10. The molecule has 0 aliphatic rings. The van der Waals surface area contributed by atoms with Gasteiger partial charge in [0, 0.05) is 23.6 Å². The molecule has 6 heteroatoms. The average molecular weight is 398 g/mol. The predicted octanol–water partition coefficient (Wildman–Crippen LogP) is 6.29. The molecule has 0 atom stereocenters. The Morgan fingerprint density at radius 3 is 2.74 bits per heavy atom. The molecule has 0 spiro atoms. The van der Waals surface area contributed by atoms with Crippen molar-refractivity contribution in [1.29, 1.82) is 0 Å². The lowest BCUT2D eigenvalue weighted by atomic mass is 10.1. The molecule has 0 bridgehead atoms. The molecule has 0 radical (unpaired) electrons. The third-order valence-corrected chi connectivity index (χ3v) is 5.27. The van der Waals surface area contributed by atoms with Gasteiger partial charge in [0.1, 0.15) is 16.5 Å². The van der Waals surface area contributed by atoms with Gasteiger partial charge >= 0.3 is 0 Å². The van der Waals surface area contributed by atoms with E-state index in [1.165, 1.54) is 4.88 Å². The average Bonchev–Trinajstić information content (AvgIpc) is 3.10. The molecule has 3 rings (SSSR count). The van der Waals surface area contributed by atoms with Crippen molar-refractivity contribution in [3.05, 3.63) is 69.1 Å². The number of hydrogen-bond donors (Lipinski definition) is 0. The zero-order chi connectivity index (χ0) is 19.4. The lowest BCUT2D eigenvalue weighted by Crippen LogP contribution is -2.05. The van der Waals surface area contributed by atoms with Crippen LogP contribution in [0.15, 0.2) is 36.5 Å². The highest BCUT2D eigenvalue weighted by molar-refractivity contribution is 7.15. The summed E-state index contributed by atoms with van der Waals surface area (Å²) in [5.74, 6) is 1.14. The number of pyridine rings is 1. The van der Waals surface area contributed by atoms with Gasteiger partial charge in [0.25, 0.3) is 5.82 Å². The molecule has 138 valence electrons. The molecule has 0 unspecified atom stereocenters. The maximum atomic E-state index is 7.14. The van der Waals surface area contributed by atoms with E-state index >= 15 is 0 Å². The fourth-order valence-electron chi connectivity index (χ4n) is 2.73. The standard InChI is InChI=1S/C21H20ClN3OS/c1-13(2)26-19-8-6-16(11-18(19)22)21-24-12-17(27-21)7-5-15-9-14(3)25-20(10-15)23-4/h6,8-13H,5,7H2,1-3H3. The summed E-state index contributed by atoms with van der Waals surface area (Å²) in [5, 5.41) is 1.53. The Hall–Kier alpha value is -2.42. The van der Waals surface area contributed by atoms with Crippen LogP contribution in [0.2, 0.25) is 5.02 Å². The van der Waals surface area contributed by atoms with E-state index in [4.69, 9.17) is 22.9 Å². The third kappa shape index (κ3) is 5.06. The maximum Gasteiger partial charge on any atom is 0.269 e. The second-order valence-corrected chi connectivity index (χ2v) is 8.05. The SMILES string of the molecule is [C-]#[N+]c1cc(CCc2cnc(-c3ccc(OC(C)C)c(Cl)c3)s2)cc(C)n1. The van der Waals surface area contributed by atoms with Gasteiger partial charge in [-0.2, -0.15) is 0 Å². The summed E-state index contributed by atoms with van der Waals surface area (Å²) in [6.07, 6.45) is 3.73. The molecule has 0 amide bonds. The van der Waals surface area contributed by atoms with E-state index in [1.54, 1.807) is 11.3 Å². The number of benzene rings is 1. The Labute approximate surface area is 168 Å². The maximum absolute atomic E-state index is 7.14. The van der Waals surface area contributed by atoms with Gasteiger partial charge in [-0.3, -0.25) is 0 Å². The van der Waals surface area contributed by atoms with Gasteiger partial charge < -0.3 is 9.58 Å². The minimum Gasteiger partial charge on any atom is -0.489 e. The number of aryl methyl sites for hydroxylation is 3. The Morgan fingerprint density at radius 2 is 2.04 bits per heavy atom. The highest BCUT2D eigenvalue weighted by Crippen LogP contribution is 2.33. The van der Waals surface area contributed by atoms with Crippen LogP contribution in [-0.2, 0) is 12.8 Å². The van der Waals surface area contributed by atoms with Crippen LogP contribution in [0.1, 0.15) is 30.0 Å². The normalized spacial score (nSPS) is 10.8. The Balaban J connectivity index is 1.71. The topological polar surface area (TPSA) is 39.4 Å². The summed E-state index contributed by atoms with van der Waals surface area (Å²) in [7, 11) is 0. The Bertz CT molecular complexity index is 991. The number of aromatic nitrogens is 2. The van der Waals surface area contributed by atoms with Gasteiger partial charge in [0.15, 0.2) is 0 Å². The van der Waals surface area contributed by atoms with Crippen molar-refractivity contribution in [3.8, 4) is 16.3 Å². The van der Waals surface area contributed by atoms with Crippen LogP contribution in [0.4, 0.5) is 5.82 Å². The minimum atomic E-state index is 0.0833. The van der Waals surface area contributed by atoms with E-state index in [1.807, 2.05) is 57.3 Å². The summed E-state index contributed by atoms with van der Waals surface area (Å²) in [5.41, 5.74) is 2.99. The van der Waals surface area contributed by atoms with Crippen molar-refractivity contribution >= 4 is 28.8 Å². The van der Waals surface area contributed by atoms with Gasteiger partial charge in [-0.1, -0.05) is 23.7 Å². The number of ether oxygens (including phenoxy) is 1. The van der Waals surface area contributed by atoms with Crippen molar-refractivity contribution in [2.75, 3.05) is 0 Å². The van der Waals surface area contributed by atoms with E-state index in [0.717, 1.165) is 34.7 Å². The van der Waals surface area contributed by atoms with Gasteiger partial charge in [0.2, 0.25) is 0 Å². The van der Waals surface area contributed by atoms with Crippen LogP contribution >= 0.6 is 22.9 Å². The Morgan fingerprint density at radius 1 is 1.22 bits per heavy atom. The third-order valence-electron chi connectivity index (χ3n) is 3.87. The van der Waals surface area contributed by atoms with E-state index in [-0.39, 0.29) is 6.10 Å². The van der Waals surface area contributed by atoms with Crippen molar-refractivity contribution < 1.29 is 4.74 Å². The highest BCUT2D eigenvalue weighted by atomic mass is 35.5. The number of hydrogen-bond acceptors (Lipinski definition) is 4. The van der Waals surface area contributed by atoms with Crippen LogP contribution < -0.4 is 4.74 Å². The smallest absolute Gasteiger partial charge is 0.269 e. The molecule has 0 aliphatic carbocycles. The fourth-order valence-corrected chi connectivity index (χ4v) is 3.86. The first kappa shape index (κ1) is 19.3. The van der Waals surface area contributed by atoms with Gasteiger partial charge in [-0.25, -0.2) is 4.98 Å². The van der Waals surface area contributed by atoms with Crippen LogP contribution in [-0.4, -0.2) is 16.1 Å². The molecule has 4 nitrogen and oxygen atoms in total. The van der Waals surface area contributed by atoms with Crippen molar-refractivity contribution in [2.24, 2.45) is 0 Å². The molecule has 27 heavy (non-hydrogen) atoms. The lowest BCUT2D eigenvalue weighted by molar-refractivity contribution is 0.242. The fraction of sp³-hybridized carbons (Fsp3) is 0.286. The van der Waals surface area contributed by atoms with E-state index in [0.29, 0.717) is 16.6 Å². The summed E-state index contributed by atoms with van der Waals surface area (Å²) in [4.78, 5) is 13.4. The van der Waals surface area contributed by atoms with E-state index < -0.39 is 0 Å². The van der Waals surface area contributed by atoms with Crippen LogP contribution in [0, 0.1) is 13.5 Å². The lowest BCUT2D eigenvalue weighted by Gasteiger charge is -2.11. The number of thiazole rings is 1. The molecular formula is C21H20ClN3OS. The molecule has 0 saturated heterocycles. The zero-order valence-corrected chi connectivity index (χ0v) is 17.1. The molecule has 1 aromatic carbocycles. The largest absolute Gasteiger partial charge is 0.489 e. The van der Waals surface area contributed by atoms with Crippen LogP contribution in [0.25, 0.3) is 15.4 Å². The summed E-state index contributed by atoms with van der Waals surface area (Å²) < 4.78 is 5.68. The quantitative estimate of drug-likeness (QED) is 0.459. The second-order valence-electron chi connectivity index (χ2n) is 6.53. The van der Waals surface area contributed by atoms with Gasteiger partial charge in [-0.15, -0.1) is 16.3 Å². The Kier molecular flexibility index (Phi) is 6.10. The molecule has 3 aromatic rings. The van der Waals surface area contributed by atoms with E-state index in [2.05, 4.69) is 14.8 Å². The number of rotatable bonds is 6. The number of nitrogens with zero attached hydrogens (tertiary/aromatic N) is 3. The molecule has 2 aromatic heterocycles. The molecular weight excluding hydrogens is 378 g/mol. The summed E-state index contributed by atoms with van der Waals surface area (Å²) in [6, 6.07) is 9.67. The first-order valence-corrected chi connectivity index (χ1v) is 9.90. The van der Waals surface area contributed by atoms with E-state index in [9.17, 15) is 0 Å². The van der Waals surface area contributed by atoms with Gasteiger partial charge in [0.05, 0.1) is 11.1 Å². The summed E-state index contributed by atoms with van der Waals surface area (Å²) >= 11 is 8.00. The first-order valence-electron chi connectivity index (χ1n) is 8.71.